The third kappa shape index (κ3) is 22.7. The number of rotatable bonds is 6. The van der Waals surface area contributed by atoms with Crippen molar-refractivity contribution >= 4 is 0 Å². The molecule has 6 rings (SSSR count). The second-order valence-electron chi connectivity index (χ2n) is 17.1. The van der Waals surface area contributed by atoms with Crippen LogP contribution in [0.25, 0.3) is 0 Å². The maximum absolute atomic E-state index is 12.9. The summed E-state index contributed by atoms with van der Waals surface area (Å²) < 4.78 is 76.5. The molecule has 0 bridgehead atoms. The number of halogens is 6. The van der Waals surface area contributed by atoms with Crippen LogP contribution in [0.2, 0.25) is 0 Å². The van der Waals surface area contributed by atoms with Crippen molar-refractivity contribution in [3.05, 3.63) is 213 Å². The standard InChI is InChI=1S/C10H13F.C10H14.2C9H10F2.C9H11F.C9H12.CH4/c1-7(2)9-4-8(3)5-10(11)6-9;1-8(2)10-6-4-9(3)5-7-10;1-6(2)9-7(10)4-3-5-8(9)11;1-6(2)7-4-3-5-8(10)9(7)11;1-7(2)8-4-3-5-9(10)6-8;1-8(2)9-6-4-3-5-7-9;/h4-7H,1-3H3;4-8H,1-3H3;2*3-6H,1-2H3;3-7H,1-2H3;3-8H,1-2H3;1H4. The van der Waals surface area contributed by atoms with Gasteiger partial charge in [0.05, 0.1) is 0 Å². The molecule has 0 aromatic heterocycles. The maximum Gasteiger partial charge on any atom is 0.162 e. The van der Waals surface area contributed by atoms with Crippen LogP contribution in [0.15, 0.2) is 133 Å². The summed E-state index contributed by atoms with van der Waals surface area (Å²) >= 11 is 0. The highest BCUT2D eigenvalue weighted by atomic mass is 19.2. The van der Waals surface area contributed by atoms with Gasteiger partial charge in [0.15, 0.2) is 11.6 Å². The minimum atomic E-state index is -0.767. The van der Waals surface area contributed by atoms with Crippen molar-refractivity contribution in [3.8, 4) is 0 Å². The third-order valence-electron chi connectivity index (χ3n) is 9.64. The van der Waals surface area contributed by atoms with E-state index in [1.54, 1.807) is 44.2 Å². The monoisotopic (exact) mass is 873 g/mol. The Morgan fingerprint density at radius 3 is 1.13 bits per heavy atom. The molecule has 0 aliphatic rings. The fourth-order valence-electron chi connectivity index (χ4n) is 5.78. The van der Waals surface area contributed by atoms with E-state index in [1.807, 2.05) is 39.0 Å². The van der Waals surface area contributed by atoms with Gasteiger partial charge >= 0.3 is 0 Å². The Bertz CT molecular complexity index is 2090. The minimum Gasteiger partial charge on any atom is -0.207 e. The fraction of sp³-hybridized carbons (Fsp3) is 0.368. The number of benzene rings is 6. The molecule has 0 spiro atoms. The predicted octanol–water partition coefficient (Wildman–Crippen LogP) is 18.9. The van der Waals surface area contributed by atoms with Crippen molar-refractivity contribution in [3.63, 3.8) is 0 Å². The van der Waals surface area contributed by atoms with Crippen molar-refractivity contribution in [2.75, 3.05) is 0 Å². The van der Waals surface area contributed by atoms with Crippen LogP contribution < -0.4 is 0 Å². The van der Waals surface area contributed by atoms with Crippen LogP contribution in [-0.2, 0) is 0 Å². The summed E-state index contributed by atoms with van der Waals surface area (Å²) in [5.74, 6) is -0.618. The maximum atomic E-state index is 12.9. The van der Waals surface area contributed by atoms with Crippen LogP contribution in [0.5, 0.6) is 0 Å². The SMILES string of the molecule is C.CC(C)c1c(F)cccc1F.CC(C)c1cccc(F)c1.CC(C)c1cccc(F)c1F.CC(C)c1ccccc1.Cc1cc(F)cc(C(C)C)c1.Cc1ccc(C(C)C)cc1. The van der Waals surface area contributed by atoms with E-state index in [0.29, 0.717) is 29.2 Å². The van der Waals surface area contributed by atoms with Crippen LogP contribution in [0.1, 0.15) is 171 Å². The normalized spacial score (nSPS) is 10.3. The van der Waals surface area contributed by atoms with Crippen LogP contribution in [-0.4, -0.2) is 0 Å². The Kier molecular flexibility index (Phi) is 27.6. The summed E-state index contributed by atoms with van der Waals surface area (Å²) in [6.45, 7) is 28.3. The van der Waals surface area contributed by atoms with Gasteiger partial charge in [-0.3, -0.25) is 0 Å². The van der Waals surface area contributed by atoms with Crippen molar-refractivity contribution in [1.29, 1.82) is 0 Å². The molecule has 0 amide bonds. The molecule has 63 heavy (non-hydrogen) atoms. The number of hydrogen-bond donors (Lipinski definition) is 0. The molecule has 0 heterocycles. The van der Waals surface area contributed by atoms with Crippen LogP contribution >= 0.6 is 0 Å². The van der Waals surface area contributed by atoms with E-state index in [2.05, 4.69) is 111 Å². The molecule has 0 aliphatic carbocycles. The lowest BCUT2D eigenvalue weighted by atomic mass is 10.0. The molecule has 344 valence electrons. The number of hydrogen-bond acceptors (Lipinski definition) is 0. The second kappa shape index (κ2) is 30.1. The molecule has 0 unspecified atom stereocenters. The van der Waals surface area contributed by atoms with E-state index >= 15 is 0 Å². The molecule has 6 aromatic carbocycles. The summed E-state index contributed by atoms with van der Waals surface area (Å²) in [7, 11) is 0. The fourth-order valence-corrected chi connectivity index (χ4v) is 5.78. The zero-order valence-corrected chi connectivity index (χ0v) is 39.4. The summed E-state index contributed by atoms with van der Waals surface area (Å²) in [6, 6.07) is 39.3. The topological polar surface area (TPSA) is 0 Å². The van der Waals surface area contributed by atoms with Crippen LogP contribution in [0.3, 0.4) is 0 Å². The smallest absolute Gasteiger partial charge is 0.162 e. The van der Waals surface area contributed by atoms with E-state index in [4.69, 9.17) is 0 Å². The van der Waals surface area contributed by atoms with Gasteiger partial charge in [0, 0.05) is 5.56 Å². The Balaban J connectivity index is 0.000000731. The van der Waals surface area contributed by atoms with Gasteiger partial charge in [-0.1, -0.05) is 187 Å². The lowest BCUT2D eigenvalue weighted by molar-refractivity contribution is 0.494. The molecular formula is C57H74F6. The first-order valence-electron chi connectivity index (χ1n) is 21.6. The average molecular weight is 873 g/mol. The van der Waals surface area contributed by atoms with Gasteiger partial charge in [-0.05, 0) is 125 Å². The average Bonchev–Trinajstić information content (AvgIpc) is 3.20. The Morgan fingerprint density at radius 1 is 0.317 bits per heavy atom. The predicted molar refractivity (Wildman–Crippen MR) is 259 cm³/mol. The lowest BCUT2D eigenvalue weighted by Gasteiger charge is -2.06. The van der Waals surface area contributed by atoms with E-state index < -0.39 is 23.3 Å². The molecule has 0 saturated carbocycles. The third-order valence-corrected chi connectivity index (χ3v) is 9.64. The molecule has 6 aromatic rings. The Morgan fingerprint density at radius 2 is 0.746 bits per heavy atom. The van der Waals surface area contributed by atoms with Gasteiger partial charge in [0.25, 0.3) is 0 Å². The van der Waals surface area contributed by atoms with Crippen molar-refractivity contribution < 1.29 is 26.3 Å². The van der Waals surface area contributed by atoms with E-state index in [-0.39, 0.29) is 36.5 Å². The Labute approximate surface area is 377 Å². The summed E-state index contributed by atoms with van der Waals surface area (Å²) in [5, 5.41) is 0. The highest BCUT2D eigenvalue weighted by Gasteiger charge is 2.11. The summed E-state index contributed by atoms with van der Waals surface area (Å²) in [5.41, 5.74) is 7.90. The molecule has 0 saturated heterocycles. The van der Waals surface area contributed by atoms with Gasteiger partial charge in [-0.15, -0.1) is 0 Å². The highest BCUT2D eigenvalue weighted by molar-refractivity contribution is 5.27. The number of aryl methyl sites for hydroxylation is 2. The molecule has 6 heteroatoms. The summed E-state index contributed by atoms with van der Waals surface area (Å²) in [6.07, 6.45) is 0. The molecule has 0 aliphatic heterocycles. The van der Waals surface area contributed by atoms with Gasteiger partial charge in [0.2, 0.25) is 0 Å². The quantitative estimate of drug-likeness (QED) is 0.146. The van der Waals surface area contributed by atoms with E-state index in [9.17, 15) is 26.3 Å². The van der Waals surface area contributed by atoms with Gasteiger partial charge < -0.3 is 0 Å². The van der Waals surface area contributed by atoms with Crippen LogP contribution in [0.4, 0.5) is 26.3 Å². The first kappa shape index (κ1) is 57.9. The molecule has 0 atom stereocenters. The molecular weight excluding hydrogens is 799 g/mol. The van der Waals surface area contributed by atoms with E-state index in [0.717, 1.165) is 22.8 Å². The zero-order valence-electron chi connectivity index (χ0n) is 39.4. The largest absolute Gasteiger partial charge is 0.207 e. The Hall–Kier alpha value is -5.10. The molecule has 0 nitrogen and oxygen atoms in total. The van der Waals surface area contributed by atoms with Gasteiger partial charge in [-0.25, -0.2) is 26.3 Å². The van der Waals surface area contributed by atoms with Gasteiger partial charge in [-0.2, -0.15) is 0 Å². The van der Waals surface area contributed by atoms with Gasteiger partial charge in [0.1, 0.15) is 23.3 Å². The molecule has 0 N–H and O–H groups in total. The lowest BCUT2D eigenvalue weighted by Crippen LogP contribution is -1.96. The van der Waals surface area contributed by atoms with Crippen molar-refractivity contribution in [1.82, 2.24) is 0 Å². The molecule has 0 radical (unpaired) electrons. The minimum absolute atomic E-state index is 0. The van der Waals surface area contributed by atoms with Crippen LogP contribution in [0, 0.1) is 48.8 Å². The zero-order chi connectivity index (χ0) is 47.1. The first-order chi connectivity index (χ1) is 29.0. The molecule has 0 fully saturated rings. The first-order valence-corrected chi connectivity index (χ1v) is 21.6. The summed E-state index contributed by atoms with van der Waals surface area (Å²) in [4.78, 5) is 0. The van der Waals surface area contributed by atoms with Crippen molar-refractivity contribution in [2.45, 2.75) is 140 Å². The highest BCUT2D eigenvalue weighted by Crippen LogP contribution is 2.22. The second-order valence-corrected chi connectivity index (χ2v) is 17.1. The van der Waals surface area contributed by atoms with Crippen molar-refractivity contribution in [2.24, 2.45) is 0 Å². The van der Waals surface area contributed by atoms with E-state index in [1.165, 1.54) is 47.0 Å².